The fourth-order valence-corrected chi connectivity index (χ4v) is 3.98. The first-order chi connectivity index (χ1) is 18.0. The average Bonchev–Trinajstić information content (AvgIpc) is 2.91. The second-order valence-electron chi connectivity index (χ2n) is 8.36. The van der Waals surface area contributed by atoms with Crippen molar-refractivity contribution in [2.24, 2.45) is 0 Å². The van der Waals surface area contributed by atoms with Crippen LogP contribution in [0.15, 0.2) is 78.9 Å². The van der Waals surface area contributed by atoms with E-state index in [4.69, 9.17) is 27.5 Å². The van der Waals surface area contributed by atoms with Crippen LogP contribution in [0.4, 0.5) is 0 Å². The normalized spacial score (nSPS) is 11.9. The second-order valence-corrected chi connectivity index (χ2v) is 8.79. The molecule has 186 valence electrons. The van der Waals surface area contributed by atoms with Gasteiger partial charge in [0.1, 0.15) is 24.0 Å². The van der Waals surface area contributed by atoms with Gasteiger partial charge in [0, 0.05) is 23.4 Å². The van der Waals surface area contributed by atoms with Crippen LogP contribution in [-0.2, 0) is 4.74 Å². The molecule has 0 aliphatic heterocycles. The fraction of sp³-hybridized carbons (Fsp3) is 0.161. The summed E-state index contributed by atoms with van der Waals surface area (Å²) >= 11 is 6.11. The monoisotopic (exact) mass is 511 g/mol. The number of pyridine rings is 1. The highest BCUT2D eigenvalue weighted by atomic mass is 35.5. The van der Waals surface area contributed by atoms with Crippen molar-refractivity contribution in [3.63, 3.8) is 0 Å². The number of hydrogen-bond donors (Lipinski definition) is 1. The number of benzene rings is 3. The molecule has 0 aliphatic rings. The number of hydrogen-bond acceptors (Lipinski definition) is 4. The summed E-state index contributed by atoms with van der Waals surface area (Å²) in [6.45, 7) is 0.614. The maximum absolute atomic E-state index is 11.6. The molecule has 4 aromatic rings. The predicted molar refractivity (Wildman–Crippen MR) is 148 cm³/mol. The van der Waals surface area contributed by atoms with Crippen LogP contribution in [0.3, 0.4) is 0 Å². The van der Waals surface area contributed by atoms with Crippen molar-refractivity contribution < 1.29 is 19.4 Å². The van der Waals surface area contributed by atoms with Crippen LogP contribution in [0, 0.1) is 12.3 Å². The van der Waals surface area contributed by atoms with Gasteiger partial charge in [0.25, 0.3) is 0 Å². The van der Waals surface area contributed by atoms with E-state index in [1.165, 1.54) is 6.07 Å². The van der Waals surface area contributed by atoms with Gasteiger partial charge in [-0.05, 0) is 60.0 Å². The number of aromatic carboxylic acids is 1. The van der Waals surface area contributed by atoms with E-state index in [1.54, 1.807) is 18.2 Å². The minimum absolute atomic E-state index is 0.106. The average molecular weight is 512 g/mol. The van der Waals surface area contributed by atoms with E-state index in [2.05, 4.69) is 10.9 Å². The lowest BCUT2D eigenvalue weighted by molar-refractivity contribution is 0.0178. The molecule has 5 nitrogen and oxygen atoms in total. The van der Waals surface area contributed by atoms with Crippen molar-refractivity contribution in [2.75, 3.05) is 13.2 Å². The number of carbonyl (C=O) groups is 1. The molecule has 0 amide bonds. The number of halogens is 1. The van der Waals surface area contributed by atoms with Crippen LogP contribution in [-0.4, -0.2) is 29.3 Å². The Morgan fingerprint density at radius 3 is 2.73 bits per heavy atom. The van der Waals surface area contributed by atoms with Crippen LogP contribution in [0.1, 0.15) is 46.1 Å². The lowest BCUT2D eigenvalue weighted by atomic mass is 10.1. The Bertz CT molecular complexity index is 1460. The summed E-state index contributed by atoms with van der Waals surface area (Å²) in [6.07, 6.45) is 10.2. The molecule has 1 unspecified atom stereocenters. The number of fused-ring (bicyclic) bond motifs is 1. The fourth-order valence-electron chi connectivity index (χ4n) is 3.82. The molecule has 1 heterocycles. The summed E-state index contributed by atoms with van der Waals surface area (Å²) in [6, 6.07) is 24.1. The molecule has 0 saturated carbocycles. The van der Waals surface area contributed by atoms with E-state index in [1.807, 2.05) is 66.7 Å². The third kappa shape index (κ3) is 7.20. The summed E-state index contributed by atoms with van der Waals surface area (Å²) in [5, 5.41) is 11.1. The smallest absolute Gasteiger partial charge is 0.339 e. The number of para-hydroxylation sites is 1. The van der Waals surface area contributed by atoms with Crippen molar-refractivity contribution in [3.8, 4) is 18.1 Å². The van der Waals surface area contributed by atoms with Crippen LogP contribution in [0.25, 0.3) is 23.1 Å². The Morgan fingerprint density at radius 2 is 1.89 bits per heavy atom. The van der Waals surface area contributed by atoms with E-state index in [0.29, 0.717) is 23.8 Å². The Kier molecular flexibility index (Phi) is 8.93. The molecule has 0 fully saturated rings. The third-order valence-corrected chi connectivity index (χ3v) is 5.93. The maximum atomic E-state index is 11.6. The molecule has 0 saturated heterocycles. The molecule has 0 aliphatic carbocycles. The molecule has 3 aromatic carbocycles. The van der Waals surface area contributed by atoms with Crippen LogP contribution in [0.5, 0.6) is 5.75 Å². The van der Waals surface area contributed by atoms with Crippen molar-refractivity contribution in [1.29, 1.82) is 0 Å². The zero-order valence-corrected chi connectivity index (χ0v) is 20.9. The standard InChI is InChI=1S/C31H26ClNO4/c1-2-3-6-18-36-30(21-37-29-11-5-4-10-27(29)31(34)35)24-9-7-8-22(19-24)12-16-26-17-14-23-13-15-25(32)20-28(23)33-26/h1,4-5,7-17,19-20,30H,3,6,18,21H2,(H,34,35)/b16-12+. The summed E-state index contributed by atoms with van der Waals surface area (Å²) < 4.78 is 12.0. The van der Waals surface area contributed by atoms with Gasteiger partial charge in [-0.25, -0.2) is 9.78 Å². The lowest BCUT2D eigenvalue weighted by Crippen LogP contribution is -2.16. The minimum atomic E-state index is -1.04. The number of ether oxygens (including phenoxy) is 2. The maximum Gasteiger partial charge on any atom is 0.339 e. The SMILES string of the molecule is C#CCCCOC(COc1ccccc1C(=O)O)c1cccc(/C=C/c2ccc3ccc(Cl)cc3n2)c1. The predicted octanol–water partition coefficient (Wildman–Crippen LogP) is 7.31. The zero-order valence-electron chi connectivity index (χ0n) is 20.1. The van der Waals surface area contributed by atoms with Gasteiger partial charge in [0.2, 0.25) is 0 Å². The highest BCUT2D eigenvalue weighted by molar-refractivity contribution is 6.31. The number of rotatable bonds is 11. The lowest BCUT2D eigenvalue weighted by Gasteiger charge is -2.20. The highest BCUT2D eigenvalue weighted by Crippen LogP contribution is 2.25. The molecular formula is C31H26ClNO4. The first kappa shape index (κ1) is 26.0. The molecule has 1 N–H and O–H groups in total. The van der Waals surface area contributed by atoms with E-state index in [-0.39, 0.29) is 12.2 Å². The first-order valence-corrected chi connectivity index (χ1v) is 12.3. The zero-order chi connectivity index (χ0) is 26.0. The van der Waals surface area contributed by atoms with E-state index in [9.17, 15) is 9.90 Å². The van der Waals surface area contributed by atoms with Crippen LogP contribution >= 0.6 is 11.6 Å². The number of terminal acetylenes is 1. The van der Waals surface area contributed by atoms with E-state index >= 15 is 0 Å². The second kappa shape index (κ2) is 12.7. The molecule has 4 rings (SSSR count). The Labute approximate surface area is 221 Å². The van der Waals surface area contributed by atoms with Gasteiger partial charge in [-0.1, -0.05) is 60.1 Å². The first-order valence-electron chi connectivity index (χ1n) is 11.9. The molecule has 37 heavy (non-hydrogen) atoms. The van der Waals surface area contributed by atoms with Crippen molar-refractivity contribution in [3.05, 3.63) is 106 Å². The van der Waals surface area contributed by atoms with Gasteiger partial charge >= 0.3 is 5.97 Å². The number of unbranched alkanes of at least 4 members (excludes halogenated alkanes) is 1. The van der Waals surface area contributed by atoms with Crippen molar-refractivity contribution in [2.45, 2.75) is 18.9 Å². The molecule has 1 aromatic heterocycles. The van der Waals surface area contributed by atoms with Gasteiger partial charge in [0.05, 0.1) is 11.2 Å². The van der Waals surface area contributed by atoms with Gasteiger partial charge < -0.3 is 14.6 Å². The van der Waals surface area contributed by atoms with Gasteiger partial charge in [-0.15, -0.1) is 12.3 Å². The summed E-state index contributed by atoms with van der Waals surface area (Å²) in [5.41, 5.74) is 3.63. The topological polar surface area (TPSA) is 68.7 Å². The number of nitrogens with zero attached hydrogens (tertiary/aromatic N) is 1. The summed E-state index contributed by atoms with van der Waals surface area (Å²) in [5.74, 6) is 1.87. The van der Waals surface area contributed by atoms with E-state index in [0.717, 1.165) is 34.1 Å². The number of carboxylic acid groups (broad SMARTS) is 1. The Morgan fingerprint density at radius 1 is 1.05 bits per heavy atom. The Balaban J connectivity index is 1.53. The van der Waals surface area contributed by atoms with Gasteiger partial charge in [0.15, 0.2) is 0 Å². The third-order valence-electron chi connectivity index (χ3n) is 5.70. The van der Waals surface area contributed by atoms with E-state index < -0.39 is 12.1 Å². The van der Waals surface area contributed by atoms with Crippen molar-refractivity contribution >= 4 is 40.6 Å². The molecule has 0 radical (unpaired) electrons. The molecule has 0 spiro atoms. The molecule has 1 atom stereocenters. The largest absolute Gasteiger partial charge is 0.490 e. The Hall–Kier alpha value is -4.11. The number of aromatic nitrogens is 1. The van der Waals surface area contributed by atoms with Gasteiger partial charge in [-0.3, -0.25) is 0 Å². The summed E-state index contributed by atoms with van der Waals surface area (Å²) in [4.78, 5) is 16.2. The number of carboxylic acids is 1. The van der Waals surface area contributed by atoms with Crippen molar-refractivity contribution in [1.82, 2.24) is 4.98 Å². The van der Waals surface area contributed by atoms with Gasteiger partial charge in [-0.2, -0.15) is 0 Å². The highest BCUT2D eigenvalue weighted by Gasteiger charge is 2.16. The quantitative estimate of drug-likeness (QED) is 0.169. The minimum Gasteiger partial charge on any atom is -0.490 e. The molecular weight excluding hydrogens is 486 g/mol. The molecule has 6 heteroatoms. The van der Waals surface area contributed by atoms with Crippen LogP contribution in [0.2, 0.25) is 5.02 Å². The molecule has 0 bridgehead atoms. The van der Waals surface area contributed by atoms with Crippen LogP contribution < -0.4 is 4.74 Å². The summed E-state index contributed by atoms with van der Waals surface area (Å²) in [7, 11) is 0.